The van der Waals surface area contributed by atoms with Gasteiger partial charge in [0.25, 0.3) is 5.56 Å². The number of carbonyl (C=O) groups is 1. The molecule has 2 heterocycles. The van der Waals surface area contributed by atoms with Gasteiger partial charge >= 0.3 is 5.97 Å². The van der Waals surface area contributed by atoms with Crippen LogP contribution in [-0.4, -0.2) is 30.9 Å². The van der Waals surface area contributed by atoms with Crippen LogP contribution >= 0.6 is 27.3 Å². The summed E-state index contributed by atoms with van der Waals surface area (Å²) in [5.74, 6) is 0.670. The topological polar surface area (TPSA) is 79.1 Å². The minimum Gasteiger partial charge on any atom is -0.496 e. The molecular weight excluding hydrogens is 580 g/mol. The molecule has 0 bridgehead atoms. The maximum atomic E-state index is 14.1. The number of esters is 1. The van der Waals surface area contributed by atoms with E-state index in [-0.39, 0.29) is 11.7 Å². The second-order valence-corrected chi connectivity index (χ2v) is 11.2. The number of halogens is 1. The molecule has 0 unspecified atom stereocenters. The first-order chi connectivity index (χ1) is 18.7. The summed E-state index contributed by atoms with van der Waals surface area (Å²) in [5.41, 5.74) is 1.95. The fraction of sp³-hybridized carbons (Fsp3) is 0.233. The number of fused-ring (bicyclic) bond motifs is 2. The predicted octanol–water partition coefficient (Wildman–Crippen LogP) is 5.12. The van der Waals surface area contributed by atoms with E-state index in [1.165, 1.54) is 11.3 Å². The molecule has 1 atom stereocenters. The van der Waals surface area contributed by atoms with E-state index in [0.29, 0.717) is 37.7 Å². The van der Waals surface area contributed by atoms with E-state index in [9.17, 15) is 9.59 Å². The van der Waals surface area contributed by atoms with Gasteiger partial charge in [-0.3, -0.25) is 9.36 Å². The van der Waals surface area contributed by atoms with Gasteiger partial charge in [-0.1, -0.05) is 57.6 Å². The van der Waals surface area contributed by atoms with Gasteiger partial charge in [0.05, 0.1) is 36.1 Å². The Bertz CT molecular complexity index is 1820. The highest BCUT2D eigenvalue weighted by Crippen LogP contribution is 2.37. The zero-order chi connectivity index (χ0) is 27.8. The summed E-state index contributed by atoms with van der Waals surface area (Å²) in [4.78, 5) is 32.7. The van der Waals surface area contributed by atoms with Crippen LogP contribution in [0.1, 0.15) is 37.9 Å². The third-order valence-electron chi connectivity index (χ3n) is 6.50. The van der Waals surface area contributed by atoms with Crippen LogP contribution in [0.15, 0.2) is 80.1 Å². The van der Waals surface area contributed by atoms with Crippen molar-refractivity contribution in [1.82, 2.24) is 4.57 Å². The minimum absolute atomic E-state index is 0.275. The lowest BCUT2D eigenvalue weighted by Crippen LogP contribution is -2.40. The number of allylic oxidation sites excluding steroid dienone is 1. The molecule has 0 fully saturated rings. The molecule has 200 valence electrons. The van der Waals surface area contributed by atoms with Gasteiger partial charge in [-0.05, 0) is 61.9 Å². The Kier molecular flexibility index (Phi) is 7.46. The van der Waals surface area contributed by atoms with E-state index in [4.69, 9.17) is 19.2 Å². The summed E-state index contributed by atoms with van der Waals surface area (Å²) < 4.78 is 19.7. The lowest BCUT2D eigenvalue weighted by Gasteiger charge is -2.26. The molecule has 0 saturated heterocycles. The largest absolute Gasteiger partial charge is 0.496 e. The molecule has 4 aromatic rings. The Labute approximate surface area is 237 Å². The molecule has 1 aromatic heterocycles. The Morgan fingerprint density at radius 2 is 1.79 bits per heavy atom. The van der Waals surface area contributed by atoms with Crippen LogP contribution < -0.4 is 24.4 Å². The van der Waals surface area contributed by atoms with Crippen molar-refractivity contribution in [1.29, 1.82) is 0 Å². The smallest absolute Gasteiger partial charge is 0.338 e. The van der Waals surface area contributed by atoms with Gasteiger partial charge in [0, 0.05) is 15.6 Å². The fourth-order valence-corrected chi connectivity index (χ4v) is 6.21. The van der Waals surface area contributed by atoms with Gasteiger partial charge in [0.15, 0.2) is 4.80 Å². The number of rotatable bonds is 6. The molecule has 0 saturated carbocycles. The molecule has 5 rings (SSSR count). The summed E-state index contributed by atoms with van der Waals surface area (Å²) in [6.45, 7) is 5.34. The van der Waals surface area contributed by atoms with Crippen molar-refractivity contribution in [2.75, 3.05) is 14.2 Å². The first-order valence-corrected chi connectivity index (χ1v) is 14.0. The number of thiazole rings is 1. The zero-order valence-electron chi connectivity index (χ0n) is 22.2. The SMILES string of the molecule is COc1ccc(Br)cc1[C@H]1C(C(=O)OC(C)C)=C(C)N=c2s/c(=C\c3c(OC)ccc4ccccc34)c(=O)n21. The number of nitrogens with zero attached hydrogens (tertiary/aromatic N) is 2. The average molecular weight is 608 g/mol. The molecule has 0 spiro atoms. The van der Waals surface area contributed by atoms with Crippen LogP contribution in [0.25, 0.3) is 16.8 Å². The van der Waals surface area contributed by atoms with Gasteiger partial charge in [0.1, 0.15) is 17.5 Å². The Balaban J connectivity index is 1.81. The van der Waals surface area contributed by atoms with Gasteiger partial charge in [-0.25, -0.2) is 9.79 Å². The summed E-state index contributed by atoms with van der Waals surface area (Å²) >= 11 is 4.80. The number of carbonyl (C=O) groups excluding carboxylic acids is 1. The average Bonchev–Trinajstić information content (AvgIpc) is 3.21. The van der Waals surface area contributed by atoms with E-state index in [2.05, 4.69) is 15.9 Å². The fourth-order valence-electron chi connectivity index (χ4n) is 4.81. The number of hydrogen-bond acceptors (Lipinski definition) is 7. The van der Waals surface area contributed by atoms with Gasteiger partial charge < -0.3 is 14.2 Å². The lowest BCUT2D eigenvalue weighted by molar-refractivity contribution is -0.143. The summed E-state index contributed by atoms with van der Waals surface area (Å²) in [5, 5.41) is 1.99. The third-order valence-corrected chi connectivity index (χ3v) is 7.97. The Morgan fingerprint density at radius 3 is 2.51 bits per heavy atom. The van der Waals surface area contributed by atoms with Crippen LogP contribution in [0.4, 0.5) is 0 Å². The molecule has 9 heteroatoms. The minimum atomic E-state index is -0.795. The van der Waals surface area contributed by atoms with Gasteiger partial charge in [0.2, 0.25) is 0 Å². The molecule has 0 amide bonds. The second-order valence-electron chi connectivity index (χ2n) is 9.32. The van der Waals surface area contributed by atoms with Crippen LogP contribution in [-0.2, 0) is 9.53 Å². The summed E-state index contributed by atoms with van der Waals surface area (Å²) in [6.07, 6.45) is 1.50. The highest BCUT2D eigenvalue weighted by molar-refractivity contribution is 9.10. The number of benzene rings is 3. The molecule has 7 nitrogen and oxygen atoms in total. The van der Waals surface area contributed by atoms with Crippen LogP contribution in [0.2, 0.25) is 0 Å². The highest BCUT2D eigenvalue weighted by Gasteiger charge is 2.35. The standard InChI is InChI=1S/C30H27BrN2O5S/c1-16(2)38-29(35)26-17(3)32-30-33(27(26)22-14-19(31)11-13-24(22)37-5)28(34)25(39-30)15-21-20-9-7-6-8-18(20)10-12-23(21)36-4/h6-16,27H,1-5H3/b25-15-/t27-/m0/s1. The van der Waals surface area contributed by atoms with E-state index >= 15 is 0 Å². The number of ether oxygens (including phenoxy) is 3. The van der Waals surface area contributed by atoms with Crippen LogP contribution in [0.3, 0.4) is 0 Å². The van der Waals surface area contributed by atoms with Gasteiger partial charge in [-0.2, -0.15) is 0 Å². The highest BCUT2D eigenvalue weighted by atomic mass is 79.9. The molecule has 0 radical (unpaired) electrons. The molecule has 0 aliphatic carbocycles. The number of methoxy groups -OCH3 is 2. The first-order valence-electron chi connectivity index (χ1n) is 12.4. The number of hydrogen-bond donors (Lipinski definition) is 0. The van der Waals surface area contributed by atoms with E-state index in [0.717, 1.165) is 20.8 Å². The van der Waals surface area contributed by atoms with Crippen molar-refractivity contribution in [2.24, 2.45) is 4.99 Å². The normalized spacial score (nSPS) is 15.4. The Hall–Kier alpha value is -3.69. The van der Waals surface area contributed by atoms with Crippen molar-refractivity contribution in [3.05, 3.63) is 101 Å². The third kappa shape index (κ3) is 4.92. The van der Waals surface area contributed by atoms with Gasteiger partial charge in [-0.15, -0.1) is 0 Å². The lowest BCUT2D eigenvalue weighted by atomic mass is 9.95. The number of aromatic nitrogens is 1. The van der Waals surface area contributed by atoms with Crippen molar-refractivity contribution in [2.45, 2.75) is 32.9 Å². The Morgan fingerprint density at radius 1 is 1.08 bits per heavy atom. The molecule has 1 aliphatic rings. The maximum absolute atomic E-state index is 14.1. The van der Waals surface area contributed by atoms with Crippen LogP contribution in [0, 0.1) is 0 Å². The molecule has 1 aliphatic heterocycles. The quantitative estimate of drug-likeness (QED) is 0.285. The van der Waals surface area contributed by atoms with E-state index in [1.807, 2.05) is 54.6 Å². The van der Waals surface area contributed by atoms with E-state index < -0.39 is 12.0 Å². The second kappa shape index (κ2) is 10.8. The summed E-state index contributed by atoms with van der Waals surface area (Å²) in [6, 6.07) is 16.5. The molecule has 3 aromatic carbocycles. The predicted molar refractivity (Wildman–Crippen MR) is 156 cm³/mol. The monoisotopic (exact) mass is 606 g/mol. The van der Waals surface area contributed by atoms with Crippen molar-refractivity contribution in [3.63, 3.8) is 0 Å². The first kappa shape index (κ1) is 26.9. The van der Waals surface area contributed by atoms with Crippen molar-refractivity contribution < 1.29 is 19.0 Å². The zero-order valence-corrected chi connectivity index (χ0v) is 24.6. The maximum Gasteiger partial charge on any atom is 0.338 e. The van der Waals surface area contributed by atoms with Crippen molar-refractivity contribution in [3.8, 4) is 11.5 Å². The van der Waals surface area contributed by atoms with Crippen LogP contribution in [0.5, 0.6) is 11.5 Å². The van der Waals surface area contributed by atoms with E-state index in [1.54, 1.807) is 45.6 Å². The molecule has 39 heavy (non-hydrogen) atoms. The molecule has 0 N–H and O–H groups in total. The summed E-state index contributed by atoms with van der Waals surface area (Å²) in [7, 11) is 3.17. The molecular formula is C30H27BrN2O5S. The van der Waals surface area contributed by atoms with Crippen molar-refractivity contribution >= 4 is 50.1 Å².